The topological polar surface area (TPSA) is 159 Å². The Balaban J connectivity index is 0.000000291. The number of fused-ring (bicyclic) bond motifs is 1. The van der Waals surface area contributed by atoms with E-state index in [2.05, 4.69) is 39.7 Å². The van der Waals surface area contributed by atoms with Crippen LogP contribution >= 0.6 is 0 Å². The highest BCUT2D eigenvalue weighted by molar-refractivity contribution is 6.02. The smallest absolute Gasteiger partial charge is 0.264 e. The number of carbonyl (C=O) groups is 1. The lowest BCUT2D eigenvalue weighted by molar-refractivity contribution is 0.100. The zero-order valence-corrected chi connectivity index (χ0v) is 25.9. The number of aromatic nitrogens is 5. The van der Waals surface area contributed by atoms with Crippen LogP contribution in [-0.4, -0.2) is 48.0 Å². The first-order valence-corrected chi connectivity index (χ1v) is 14.4. The average molecular weight is 607 g/mol. The Morgan fingerprint density at radius 1 is 1.13 bits per heavy atom. The molecule has 0 atom stereocenters. The van der Waals surface area contributed by atoms with Crippen LogP contribution in [0, 0.1) is 11.8 Å². The van der Waals surface area contributed by atoms with Gasteiger partial charge >= 0.3 is 0 Å². The molecule has 2 aromatic carbocycles. The Bertz CT molecular complexity index is 1920. The van der Waals surface area contributed by atoms with E-state index in [0.29, 0.717) is 23.3 Å². The van der Waals surface area contributed by atoms with Gasteiger partial charge in [0.05, 0.1) is 30.3 Å². The molecule has 5 N–H and O–H groups in total. The van der Waals surface area contributed by atoms with Gasteiger partial charge in [-0.3, -0.25) is 18.8 Å². The van der Waals surface area contributed by atoms with E-state index in [1.54, 1.807) is 28.7 Å². The number of aliphatic imine (C=N–C) groups is 1. The summed E-state index contributed by atoms with van der Waals surface area (Å²) in [4.78, 5) is 28.4. The zero-order chi connectivity index (χ0) is 32.9. The maximum atomic E-state index is 13.5. The number of aliphatic hydroxyl groups is 1. The van der Waals surface area contributed by atoms with Crippen molar-refractivity contribution in [3.05, 3.63) is 112 Å². The number of hydrogen-bond donors (Lipinski definition) is 3. The average Bonchev–Trinajstić information content (AvgIpc) is 3.62. The first kappa shape index (κ1) is 33.8. The molecule has 0 saturated heterocycles. The highest BCUT2D eigenvalue weighted by Gasteiger charge is 2.17. The van der Waals surface area contributed by atoms with E-state index in [1.165, 1.54) is 17.0 Å². The fraction of sp³-hybridized carbons (Fsp3) is 0.206. The van der Waals surface area contributed by atoms with Gasteiger partial charge in [0.25, 0.3) is 11.5 Å². The number of rotatable bonds is 7. The number of pyridine rings is 1. The van der Waals surface area contributed by atoms with Crippen LogP contribution in [0.1, 0.15) is 48.0 Å². The van der Waals surface area contributed by atoms with Crippen LogP contribution in [0.5, 0.6) is 0 Å². The fourth-order valence-corrected chi connectivity index (χ4v) is 4.48. The molecule has 0 saturated carbocycles. The van der Waals surface area contributed by atoms with E-state index in [-0.39, 0.29) is 23.5 Å². The third kappa shape index (κ3) is 8.01. The molecule has 0 bridgehead atoms. The van der Waals surface area contributed by atoms with Gasteiger partial charge in [-0.15, -0.1) is 0 Å². The minimum atomic E-state index is -0.646. The van der Waals surface area contributed by atoms with Crippen molar-refractivity contribution in [2.24, 2.45) is 17.8 Å². The summed E-state index contributed by atoms with van der Waals surface area (Å²) in [6.45, 7) is 9.96. The molecule has 11 nitrogen and oxygen atoms in total. The number of benzene rings is 2. The second-order valence-corrected chi connectivity index (χ2v) is 9.29. The lowest BCUT2D eigenvalue weighted by Crippen LogP contribution is -2.22. The number of primary amides is 1. The molecule has 0 aliphatic carbocycles. The second-order valence-electron chi connectivity index (χ2n) is 9.29. The van der Waals surface area contributed by atoms with Crippen LogP contribution in [0.3, 0.4) is 0 Å². The van der Waals surface area contributed by atoms with Gasteiger partial charge in [-0.25, -0.2) is 9.67 Å². The second kappa shape index (κ2) is 16.2. The van der Waals surface area contributed by atoms with E-state index in [1.807, 2.05) is 69.3 Å². The molecule has 3 heterocycles. The molecule has 5 rings (SSSR count). The normalized spacial score (nSPS) is 10.3. The number of nitrogens with two attached hydrogens (primary N) is 2. The van der Waals surface area contributed by atoms with E-state index in [9.17, 15) is 9.59 Å². The van der Waals surface area contributed by atoms with Gasteiger partial charge in [0.2, 0.25) is 0 Å². The van der Waals surface area contributed by atoms with Crippen LogP contribution < -0.4 is 17.0 Å². The Morgan fingerprint density at radius 3 is 2.51 bits per heavy atom. The summed E-state index contributed by atoms with van der Waals surface area (Å²) >= 11 is 0. The zero-order valence-electron chi connectivity index (χ0n) is 25.9. The number of nitrogen functional groups attached to an aromatic ring is 1. The molecule has 232 valence electrons. The van der Waals surface area contributed by atoms with Crippen LogP contribution in [0.15, 0.2) is 89.4 Å². The number of hydrogen-bond acceptors (Lipinski definition) is 7. The van der Waals surface area contributed by atoms with Gasteiger partial charge in [-0.1, -0.05) is 75.6 Å². The summed E-state index contributed by atoms with van der Waals surface area (Å²) in [5.41, 5.74) is 13.9. The number of carbonyl (C=O) groups excluding carboxylic acids is 1. The van der Waals surface area contributed by atoms with Crippen molar-refractivity contribution in [3.63, 3.8) is 0 Å². The summed E-state index contributed by atoms with van der Waals surface area (Å²) in [7, 11) is 1.62. The van der Waals surface area contributed by atoms with Gasteiger partial charge in [0.15, 0.2) is 11.6 Å². The van der Waals surface area contributed by atoms with Crippen molar-refractivity contribution in [1.29, 1.82) is 0 Å². The number of aliphatic hydroxyl groups excluding tert-OH is 1. The fourth-order valence-electron chi connectivity index (χ4n) is 4.48. The molecule has 1 amide bonds. The summed E-state index contributed by atoms with van der Waals surface area (Å²) in [6, 6.07) is 17.5. The summed E-state index contributed by atoms with van der Waals surface area (Å²) in [6.07, 6.45) is 7.11. The van der Waals surface area contributed by atoms with Gasteiger partial charge < -0.3 is 16.6 Å². The third-order valence-electron chi connectivity index (χ3n) is 6.40. The minimum absolute atomic E-state index is 0.0245. The van der Waals surface area contributed by atoms with Crippen LogP contribution in [-0.2, 0) is 20.0 Å². The van der Waals surface area contributed by atoms with E-state index < -0.39 is 5.91 Å². The van der Waals surface area contributed by atoms with Crippen molar-refractivity contribution in [3.8, 4) is 17.5 Å². The quantitative estimate of drug-likeness (QED) is 0.186. The minimum Gasteiger partial charge on any atom is -0.394 e. The largest absolute Gasteiger partial charge is 0.394 e. The Morgan fingerprint density at radius 2 is 1.87 bits per heavy atom. The molecule has 0 radical (unpaired) electrons. The highest BCUT2D eigenvalue weighted by atomic mass is 16.3. The maximum Gasteiger partial charge on any atom is 0.264 e. The molecule has 45 heavy (non-hydrogen) atoms. The summed E-state index contributed by atoms with van der Waals surface area (Å²) in [5, 5.41) is 18.5. The van der Waals surface area contributed by atoms with Crippen LogP contribution in [0.2, 0.25) is 0 Å². The Hall–Kier alpha value is -5.73. The van der Waals surface area contributed by atoms with Gasteiger partial charge in [0, 0.05) is 36.4 Å². The van der Waals surface area contributed by atoms with Crippen LogP contribution in [0.25, 0.3) is 16.5 Å². The van der Waals surface area contributed by atoms with Crippen LogP contribution in [0.4, 0.5) is 11.6 Å². The standard InChI is InChI=1S/C24H21N3O2.C8H11N5O.C2H6/c1-2-21-15-20-8-6-7-19(12-11-18-16-25-26(17-18)13-14-28)23(20)24(29)27(21)22-9-4-3-5-10-22;1-3-4-11-8-5(7(10)14)6(9)12-13(8)2;1-2/h3-10,15-17,28H,2,13-14H2,1H3;3-4H,1H2,2H3,(H2,9,12)(H2,10,14);1-2H3/b;11-4-;. The molecular weight excluding hydrogens is 568 g/mol. The number of anilines is 1. The molecule has 11 heteroatoms. The lowest BCUT2D eigenvalue weighted by Gasteiger charge is -2.14. The molecule has 0 aliphatic heterocycles. The number of nitrogens with zero attached hydrogens (tertiary/aromatic N) is 6. The van der Waals surface area contributed by atoms with Gasteiger partial charge in [-0.2, -0.15) is 10.2 Å². The number of para-hydroxylation sites is 1. The molecular formula is C34H38N8O3. The van der Waals surface area contributed by atoms with Gasteiger partial charge in [0.1, 0.15) is 5.56 Å². The van der Waals surface area contributed by atoms with Crippen molar-refractivity contribution in [2.45, 2.75) is 33.7 Å². The molecule has 0 spiro atoms. The summed E-state index contributed by atoms with van der Waals surface area (Å²) < 4.78 is 4.80. The predicted molar refractivity (Wildman–Crippen MR) is 180 cm³/mol. The Labute approximate surface area is 262 Å². The van der Waals surface area contributed by atoms with Gasteiger partial charge in [-0.05, 0) is 36.1 Å². The predicted octanol–water partition coefficient (Wildman–Crippen LogP) is 4.16. The third-order valence-corrected chi connectivity index (χ3v) is 6.40. The van der Waals surface area contributed by atoms with E-state index in [0.717, 1.165) is 28.8 Å². The number of amides is 1. The molecule has 0 aliphatic rings. The lowest BCUT2D eigenvalue weighted by atomic mass is 10.0. The van der Waals surface area contributed by atoms with E-state index >= 15 is 0 Å². The summed E-state index contributed by atoms with van der Waals surface area (Å²) in [5.74, 6) is 5.98. The molecule has 0 fully saturated rings. The number of aryl methyl sites for hydroxylation is 2. The van der Waals surface area contributed by atoms with Crippen molar-refractivity contribution < 1.29 is 9.90 Å². The molecule has 5 aromatic rings. The molecule has 0 unspecified atom stereocenters. The first-order valence-electron chi connectivity index (χ1n) is 14.4. The SMILES string of the molecule is C=C/C=N\c1c(C(N)=O)c(N)nn1C.CC.CCc1cc2cccc(C#Cc3cnn(CCO)c3)c2c(=O)n1-c1ccccc1. The van der Waals surface area contributed by atoms with E-state index in [4.69, 9.17) is 16.6 Å². The molecule has 3 aromatic heterocycles. The maximum absolute atomic E-state index is 13.5. The number of allylic oxidation sites excluding steroid dienone is 1. The van der Waals surface area contributed by atoms with Crippen molar-refractivity contribution >= 4 is 34.5 Å². The Kier molecular flexibility index (Phi) is 12.2. The highest BCUT2D eigenvalue weighted by Crippen LogP contribution is 2.23. The monoisotopic (exact) mass is 606 g/mol. The van der Waals surface area contributed by atoms with Crippen molar-refractivity contribution in [1.82, 2.24) is 24.1 Å². The first-order chi connectivity index (χ1) is 21.8. The van der Waals surface area contributed by atoms with Crippen molar-refractivity contribution in [2.75, 3.05) is 12.3 Å².